The summed E-state index contributed by atoms with van der Waals surface area (Å²) >= 11 is 0. The van der Waals surface area contributed by atoms with E-state index in [0.29, 0.717) is 28.1 Å². The zero-order chi connectivity index (χ0) is 21.6. The van der Waals surface area contributed by atoms with E-state index in [-0.39, 0.29) is 22.5 Å². The zero-order valence-electron chi connectivity index (χ0n) is 16.6. The molecule has 2 aromatic heterocycles. The number of para-hydroxylation sites is 1. The summed E-state index contributed by atoms with van der Waals surface area (Å²) in [4.78, 5) is 33.6. The number of rotatable bonds is 4. The lowest BCUT2D eigenvalue weighted by Crippen LogP contribution is -2.14. The molecule has 0 saturated heterocycles. The van der Waals surface area contributed by atoms with Crippen molar-refractivity contribution in [2.75, 3.05) is 20.0 Å². The molecule has 0 saturated carbocycles. The second-order valence-corrected chi connectivity index (χ2v) is 6.67. The van der Waals surface area contributed by atoms with Gasteiger partial charge in [0.05, 0.1) is 31.0 Å². The van der Waals surface area contributed by atoms with Crippen LogP contribution >= 0.6 is 0 Å². The molecule has 0 atom stereocenters. The van der Waals surface area contributed by atoms with Gasteiger partial charge in [-0.25, -0.2) is 14.8 Å². The largest absolute Gasteiger partial charge is 0.497 e. The van der Waals surface area contributed by atoms with E-state index in [0.717, 1.165) is 5.56 Å². The molecule has 1 amide bonds. The Morgan fingerprint density at radius 3 is 2.50 bits per heavy atom. The highest BCUT2D eigenvalue weighted by atomic mass is 16.5. The first-order valence-electron chi connectivity index (χ1n) is 9.01. The van der Waals surface area contributed by atoms with Crippen LogP contribution in [-0.4, -0.2) is 40.6 Å². The number of anilines is 1. The molecule has 0 aliphatic heterocycles. The van der Waals surface area contributed by atoms with Crippen molar-refractivity contribution in [3.63, 3.8) is 0 Å². The molecule has 0 aliphatic rings. The first-order chi connectivity index (χ1) is 14.4. The van der Waals surface area contributed by atoms with Crippen LogP contribution in [0.25, 0.3) is 27.9 Å². The first kappa shape index (κ1) is 19.2. The number of hydrogen-bond donors (Lipinski definition) is 2. The van der Waals surface area contributed by atoms with Gasteiger partial charge in [0.15, 0.2) is 5.65 Å². The molecule has 0 spiro atoms. The van der Waals surface area contributed by atoms with Crippen molar-refractivity contribution < 1.29 is 19.1 Å². The van der Waals surface area contributed by atoms with Gasteiger partial charge in [-0.15, -0.1) is 0 Å². The zero-order valence-corrected chi connectivity index (χ0v) is 16.6. The number of aromatic nitrogens is 3. The number of amides is 1. The van der Waals surface area contributed by atoms with Gasteiger partial charge >= 0.3 is 5.97 Å². The quantitative estimate of drug-likeness (QED) is 0.498. The number of benzene rings is 2. The smallest absolute Gasteiger partial charge is 0.340 e. The third kappa shape index (κ3) is 2.79. The third-order valence-corrected chi connectivity index (χ3v) is 4.93. The molecule has 2 aromatic carbocycles. The van der Waals surface area contributed by atoms with Crippen molar-refractivity contribution in [3.05, 3.63) is 53.1 Å². The van der Waals surface area contributed by atoms with Crippen LogP contribution in [0.1, 0.15) is 26.3 Å². The van der Waals surface area contributed by atoms with Gasteiger partial charge in [0.2, 0.25) is 0 Å². The van der Waals surface area contributed by atoms with Crippen LogP contribution in [-0.2, 0) is 4.74 Å². The Hall–Kier alpha value is -4.14. The SMILES string of the molecule is COC(=O)c1cccc2nc3c(nc12)c(C(N)=O)c(N)n3-c1cc(OC)ccc1C. The van der Waals surface area contributed by atoms with Crippen molar-refractivity contribution in [2.45, 2.75) is 6.92 Å². The highest BCUT2D eigenvalue weighted by Gasteiger charge is 2.25. The van der Waals surface area contributed by atoms with Gasteiger partial charge in [0.25, 0.3) is 5.91 Å². The van der Waals surface area contributed by atoms with Crippen molar-refractivity contribution >= 4 is 39.9 Å². The van der Waals surface area contributed by atoms with Crippen LogP contribution in [0.3, 0.4) is 0 Å². The van der Waals surface area contributed by atoms with Gasteiger partial charge in [0, 0.05) is 6.07 Å². The van der Waals surface area contributed by atoms with Gasteiger partial charge in [-0.2, -0.15) is 0 Å². The minimum absolute atomic E-state index is 0.0290. The normalized spacial score (nSPS) is 11.0. The number of nitrogen functional groups attached to an aromatic ring is 1. The number of nitrogens with zero attached hydrogens (tertiary/aromatic N) is 3. The van der Waals surface area contributed by atoms with E-state index in [1.54, 1.807) is 35.9 Å². The lowest BCUT2D eigenvalue weighted by Gasteiger charge is -2.12. The summed E-state index contributed by atoms with van der Waals surface area (Å²) in [5, 5.41) is 0. The fourth-order valence-electron chi connectivity index (χ4n) is 3.46. The number of esters is 1. The van der Waals surface area contributed by atoms with Crippen molar-refractivity contribution in [1.29, 1.82) is 0 Å². The maximum absolute atomic E-state index is 12.2. The number of carbonyl (C=O) groups is 2. The molecule has 4 N–H and O–H groups in total. The van der Waals surface area contributed by atoms with E-state index >= 15 is 0 Å². The van der Waals surface area contributed by atoms with Gasteiger partial charge < -0.3 is 20.9 Å². The van der Waals surface area contributed by atoms with Crippen molar-refractivity contribution in [2.24, 2.45) is 5.73 Å². The number of methoxy groups -OCH3 is 2. The summed E-state index contributed by atoms with van der Waals surface area (Å²) in [6.07, 6.45) is 0. The van der Waals surface area contributed by atoms with Crippen molar-refractivity contribution in [3.8, 4) is 11.4 Å². The summed E-state index contributed by atoms with van der Waals surface area (Å²) < 4.78 is 11.8. The van der Waals surface area contributed by atoms with Crippen LogP contribution in [0.15, 0.2) is 36.4 Å². The Morgan fingerprint density at radius 1 is 1.07 bits per heavy atom. The van der Waals surface area contributed by atoms with Gasteiger partial charge in [-0.1, -0.05) is 12.1 Å². The molecule has 0 radical (unpaired) electrons. The van der Waals surface area contributed by atoms with Gasteiger partial charge in [-0.05, 0) is 30.7 Å². The van der Waals surface area contributed by atoms with Crippen LogP contribution in [0.4, 0.5) is 5.82 Å². The minimum atomic E-state index is -0.749. The minimum Gasteiger partial charge on any atom is -0.497 e. The maximum atomic E-state index is 12.2. The van der Waals surface area contributed by atoms with Gasteiger partial charge in [0.1, 0.15) is 28.2 Å². The Morgan fingerprint density at radius 2 is 1.83 bits per heavy atom. The molecule has 4 aromatic rings. The molecule has 4 rings (SSSR count). The summed E-state index contributed by atoms with van der Waals surface area (Å²) in [7, 11) is 2.84. The molecular formula is C21H19N5O4. The number of primary amides is 1. The van der Waals surface area contributed by atoms with Crippen molar-refractivity contribution in [1.82, 2.24) is 14.5 Å². The number of carbonyl (C=O) groups excluding carboxylic acids is 2. The molecule has 152 valence electrons. The molecule has 2 heterocycles. The van der Waals surface area contributed by atoms with Crippen LogP contribution < -0.4 is 16.2 Å². The summed E-state index contributed by atoms with van der Waals surface area (Å²) in [5.41, 5.74) is 15.0. The average molecular weight is 405 g/mol. The summed E-state index contributed by atoms with van der Waals surface area (Å²) in [6.45, 7) is 1.90. The second-order valence-electron chi connectivity index (χ2n) is 6.67. The Bertz CT molecular complexity index is 1340. The highest BCUT2D eigenvalue weighted by molar-refractivity contribution is 6.12. The Labute approximate surface area is 171 Å². The van der Waals surface area contributed by atoms with Crippen LogP contribution in [0.5, 0.6) is 5.75 Å². The van der Waals surface area contributed by atoms with Gasteiger partial charge in [-0.3, -0.25) is 9.36 Å². The number of fused-ring (bicyclic) bond motifs is 2. The van der Waals surface area contributed by atoms with Crippen LogP contribution in [0.2, 0.25) is 0 Å². The van der Waals surface area contributed by atoms with E-state index < -0.39 is 11.9 Å². The molecule has 9 nitrogen and oxygen atoms in total. The van der Waals surface area contributed by atoms with Crippen LogP contribution in [0, 0.1) is 6.92 Å². The Balaban J connectivity index is 2.16. The number of hydrogen-bond acceptors (Lipinski definition) is 7. The molecule has 0 fully saturated rings. The fourth-order valence-corrected chi connectivity index (χ4v) is 3.46. The summed E-state index contributed by atoms with van der Waals surface area (Å²) in [5.74, 6) is -0.602. The third-order valence-electron chi connectivity index (χ3n) is 4.93. The molecule has 0 unspecified atom stereocenters. The van der Waals surface area contributed by atoms with E-state index in [9.17, 15) is 9.59 Å². The fraction of sp³-hybridized carbons (Fsp3) is 0.143. The predicted octanol–water partition coefficient (Wildman–Crippen LogP) is 2.36. The van der Waals surface area contributed by atoms with E-state index in [1.165, 1.54) is 7.11 Å². The molecule has 0 bridgehead atoms. The Kier molecular flexibility index (Phi) is 4.50. The number of nitrogens with two attached hydrogens (primary N) is 2. The predicted molar refractivity (Wildman–Crippen MR) is 112 cm³/mol. The monoisotopic (exact) mass is 405 g/mol. The first-order valence-corrected chi connectivity index (χ1v) is 9.01. The van der Waals surface area contributed by atoms with E-state index in [4.69, 9.17) is 20.9 Å². The second kappa shape index (κ2) is 7.03. The topological polar surface area (TPSA) is 135 Å². The molecule has 30 heavy (non-hydrogen) atoms. The molecular weight excluding hydrogens is 386 g/mol. The molecule has 0 aliphatic carbocycles. The van der Waals surface area contributed by atoms with E-state index in [1.807, 2.05) is 19.1 Å². The number of aryl methyl sites for hydroxylation is 1. The maximum Gasteiger partial charge on any atom is 0.340 e. The molecule has 9 heteroatoms. The van der Waals surface area contributed by atoms with E-state index in [2.05, 4.69) is 9.97 Å². The summed E-state index contributed by atoms with van der Waals surface area (Å²) in [6, 6.07) is 10.4. The average Bonchev–Trinajstić information content (AvgIpc) is 3.02. The lowest BCUT2D eigenvalue weighted by molar-refractivity contribution is 0.0602. The highest BCUT2D eigenvalue weighted by Crippen LogP contribution is 2.33. The standard InChI is InChI=1S/C21H19N5O4/c1-10-7-8-11(29-2)9-14(10)26-18(22)15(19(23)27)17-20(26)24-13-6-4-5-12(16(13)25-17)21(28)30-3/h4-9H,22H2,1-3H3,(H2,23,27). The number of ether oxygens (including phenoxy) is 2. The lowest BCUT2D eigenvalue weighted by atomic mass is 10.1.